The van der Waals surface area contributed by atoms with E-state index in [1.54, 1.807) is 10.7 Å². The van der Waals surface area contributed by atoms with Crippen LogP contribution in [0.25, 0.3) is 0 Å². The fourth-order valence-electron chi connectivity index (χ4n) is 2.21. The molecule has 0 atom stereocenters. The number of aromatic hydroxyl groups is 1. The van der Waals surface area contributed by atoms with Crippen molar-refractivity contribution >= 4 is 5.82 Å². The van der Waals surface area contributed by atoms with Crippen molar-refractivity contribution in [3.8, 4) is 11.5 Å². The summed E-state index contributed by atoms with van der Waals surface area (Å²) in [5.41, 5.74) is 2.69. The van der Waals surface area contributed by atoms with Gasteiger partial charge in [-0.25, -0.2) is 4.68 Å². The summed E-state index contributed by atoms with van der Waals surface area (Å²) in [5, 5.41) is 26.8. The summed E-state index contributed by atoms with van der Waals surface area (Å²) in [6.07, 6.45) is 0. The van der Waals surface area contributed by atoms with Crippen LogP contribution in [0.3, 0.4) is 0 Å². The molecule has 21 heavy (non-hydrogen) atoms. The van der Waals surface area contributed by atoms with Gasteiger partial charge in [0.25, 0.3) is 0 Å². The molecular weight excluding hydrogens is 270 g/mol. The molecule has 0 spiro atoms. The molecule has 1 heterocycles. The quantitative estimate of drug-likeness (QED) is 0.756. The van der Waals surface area contributed by atoms with Crippen molar-refractivity contribution in [2.45, 2.75) is 26.9 Å². The molecule has 1 aromatic heterocycles. The first-order valence-corrected chi connectivity index (χ1v) is 6.82. The van der Waals surface area contributed by atoms with Crippen LogP contribution in [0.15, 0.2) is 18.2 Å². The number of methoxy groups -OCH3 is 1. The molecule has 114 valence electrons. The molecule has 0 aliphatic heterocycles. The maximum Gasteiger partial charge on any atom is 0.162 e. The number of ether oxygens (including phenoxy) is 1. The maximum atomic E-state index is 10.1. The number of aryl methyl sites for hydroxylation is 1. The molecule has 0 bridgehead atoms. The van der Waals surface area contributed by atoms with Crippen molar-refractivity contribution in [2.24, 2.45) is 0 Å². The van der Waals surface area contributed by atoms with E-state index in [2.05, 4.69) is 10.4 Å². The van der Waals surface area contributed by atoms with Gasteiger partial charge in [-0.15, -0.1) is 0 Å². The minimum atomic E-state index is 0.0274. The zero-order chi connectivity index (χ0) is 15.4. The Labute approximate surface area is 124 Å². The number of benzene rings is 1. The Balaban J connectivity index is 2.20. The average molecular weight is 291 g/mol. The summed E-state index contributed by atoms with van der Waals surface area (Å²) in [6.45, 7) is 4.81. The number of nitrogens with zero attached hydrogens (tertiary/aromatic N) is 2. The highest BCUT2D eigenvalue weighted by atomic mass is 16.5. The summed E-state index contributed by atoms with van der Waals surface area (Å²) in [5.74, 6) is 1.44. The van der Waals surface area contributed by atoms with Crippen LogP contribution in [-0.4, -0.2) is 33.7 Å². The molecule has 0 unspecified atom stereocenters. The molecule has 6 nitrogen and oxygen atoms in total. The van der Waals surface area contributed by atoms with E-state index in [9.17, 15) is 5.11 Å². The smallest absolute Gasteiger partial charge is 0.162 e. The Morgan fingerprint density at radius 2 is 2.10 bits per heavy atom. The molecule has 0 radical (unpaired) electrons. The number of nitrogens with one attached hydrogen (secondary N) is 1. The van der Waals surface area contributed by atoms with Crippen molar-refractivity contribution in [3.63, 3.8) is 0 Å². The van der Waals surface area contributed by atoms with Gasteiger partial charge in [-0.3, -0.25) is 0 Å². The van der Waals surface area contributed by atoms with Crippen LogP contribution in [0.5, 0.6) is 11.5 Å². The molecule has 6 heteroatoms. The number of hydrogen-bond acceptors (Lipinski definition) is 5. The predicted octanol–water partition coefficient (Wildman–Crippen LogP) is 1.82. The number of aliphatic hydroxyl groups excluding tert-OH is 1. The minimum Gasteiger partial charge on any atom is -0.504 e. The lowest BCUT2D eigenvalue weighted by Crippen LogP contribution is -2.11. The van der Waals surface area contributed by atoms with Crippen LogP contribution in [0.2, 0.25) is 0 Å². The zero-order valence-electron chi connectivity index (χ0n) is 12.6. The van der Waals surface area contributed by atoms with Gasteiger partial charge in [-0.1, -0.05) is 12.1 Å². The van der Waals surface area contributed by atoms with Crippen LogP contribution in [0.4, 0.5) is 5.82 Å². The second-order valence-corrected chi connectivity index (χ2v) is 4.83. The normalized spacial score (nSPS) is 10.7. The van der Waals surface area contributed by atoms with E-state index >= 15 is 0 Å². The van der Waals surface area contributed by atoms with Crippen molar-refractivity contribution in [1.29, 1.82) is 0 Å². The SMILES string of the molecule is COc1cccc(CNc2c(C)c(C)nn2CCO)c1O. The van der Waals surface area contributed by atoms with Crippen LogP contribution in [-0.2, 0) is 13.1 Å². The Hall–Kier alpha value is -2.21. The van der Waals surface area contributed by atoms with Gasteiger partial charge in [0.2, 0.25) is 0 Å². The fraction of sp³-hybridized carbons (Fsp3) is 0.400. The second-order valence-electron chi connectivity index (χ2n) is 4.83. The van der Waals surface area contributed by atoms with Gasteiger partial charge in [0.05, 0.1) is 26.0 Å². The van der Waals surface area contributed by atoms with E-state index in [1.165, 1.54) is 7.11 Å². The van der Waals surface area contributed by atoms with Crippen molar-refractivity contribution in [3.05, 3.63) is 35.0 Å². The number of aromatic nitrogens is 2. The lowest BCUT2D eigenvalue weighted by atomic mass is 10.2. The van der Waals surface area contributed by atoms with Gasteiger partial charge in [0, 0.05) is 17.7 Å². The first-order chi connectivity index (χ1) is 10.1. The fourth-order valence-corrected chi connectivity index (χ4v) is 2.21. The highest BCUT2D eigenvalue weighted by Gasteiger charge is 2.12. The number of phenolic OH excluding ortho intramolecular Hbond substituents is 1. The van der Waals surface area contributed by atoms with Crippen LogP contribution < -0.4 is 10.1 Å². The summed E-state index contributed by atoms with van der Waals surface area (Å²) < 4.78 is 6.84. The summed E-state index contributed by atoms with van der Waals surface area (Å²) >= 11 is 0. The second kappa shape index (κ2) is 6.49. The van der Waals surface area contributed by atoms with E-state index < -0.39 is 0 Å². The number of hydrogen-bond donors (Lipinski definition) is 3. The van der Waals surface area contributed by atoms with E-state index in [0.29, 0.717) is 18.8 Å². The van der Waals surface area contributed by atoms with Crippen molar-refractivity contribution < 1.29 is 14.9 Å². The summed E-state index contributed by atoms with van der Waals surface area (Å²) in [7, 11) is 1.52. The number of phenols is 1. The maximum absolute atomic E-state index is 10.1. The highest BCUT2D eigenvalue weighted by Crippen LogP contribution is 2.30. The largest absolute Gasteiger partial charge is 0.504 e. The standard InChI is InChI=1S/C15H21N3O3/c1-10-11(2)17-18(7-8-19)15(10)16-9-12-5-4-6-13(21-3)14(12)20/h4-6,16,19-20H,7-9H2,1-3H3. The van der Waals surface area contributed by atoms with Gasteiger partial charge >= 0.3 is 0 Å². The van der Waals surface area contributed by atoms with Gasteiger partial charge < -0.3 is 20.3 Å². The molecule has 1 aromatic carbocycles. The number of aliphatic hydroxyl groups is 1. The van der Waals surface area contributed by atoms with Gasteiger partial charge in [-0.2, -0.15) is 5.10 Å². The summed E-state index contributed by atoms with van der Waals surface area (Å²) in [6, 6.07) is 5.38. The van der Waals surface area contributed by atoms with E-state index in [-0.39, 0.29) is 12.4 Å². The molecule has 2 rings (SSSR count). The highest BCUT2D eigenvalue weighted by molar-refractivity contribution is 5.50. The van der Waals surface area contributed by atoms with E-state index in [1.807, 2.05) is 26.0 Å². The molecular formula is C15H21N3O3. The van der Waals surface area contributed by atoms with Crippen LogP contribution >= 0.6 is 0 Å². The third kappa shape index (κ3) is 3.11. The molecule has 2 aromatic rings. The lowest BCUT2D eigenvalue weighted by Gasteiger charge is -2.12. The van der Waals surface area contributed by atoms with Crippen LogP contribution in [0, 0.1) is 13.8 Å². The van der Waals surface area contributed by atoms with E-state index in [4.69, 9.17) is 9.84 Å². The number of anilines is 1. The number of rotatable bonds is 6. The average Bonchev–Trinajstić information content (AvgIpc) is 2.73. The first-order valence-electron chi connectivity index (χ1n) is 6.82. The molecule has 0 amide bonds. The molecule has 0 aliphatic rings. The predicted molar refractivity (Wildman–Crippen MR) is 80.8 cm³/mol. The third-order valence-electron chi connectivity index (χ3n) is 3.49. The van der Waals surface area contributed by atoms with Crippen LogP contribution in [0.1, 0.15) is 16.8 Å². The third-order valence-corrected chi connectivity index (χ3v) is 3.49. The Morgan fingerprint density at radius 1 is 1.33 bits per heavy atom. The summed E-state index contributed by atoms with van der Waals surface area (Å²) in [4.78, 5) is 0. The van der Waals surface area contributed by atoms with Crippen molar-refractivity contribution in [2.75, 3.05) is 19.0 Å². The topological polar surface area (TPSA) is 79.5 Å². The zero-order valence-corrected chi connectivity index (χ0v) is 12.6. The molecule has 3 N–H and O–H groups in total. The van der Waals surface area contributed by atoms with Gasteiger partial charge in [0.1, 0.15) is 5.82 Å². The van der Waals surface area contributed by atoms with Crippen molar-refractivity contribution in [1.82, 2.24) is 9.78 Å². The Kier molecular flexibility index (Phi) is 4.70. The van der Waals surface area contributed by atoms with Gasteiger partial charge in [-0.05, 0) is 19.9 Å². The monoisotopic (exact) mass is 291 g/mol. The first kappa shape index (κ1) is 15.2. The minimum absolute atomic E-state index is 0.0274. The van der Waals surface area contributed by atoms with E-state index in [0.717, 1.165) is 22.6 Å². The molecule has 0 saturated heterocycles. The Morgan fingerprint density at radius 3 is 2.76 bits per heavy atom. The number of para-hydroxylation sites is 1. The molecule has 0 fully saturated rings. The lowest BCUT2D eigenvalue weighted by molar-refractivity contribution is 0.270. The molecule has 0 saturated carbocycles. The van der Waals surface area contributed by atoms with Gasteiger partial charge in [0.15, 0.2) is 11.5 Å². The Bertz CT molecular complexity index is 623. The molecule has 0 aliphatic carbocycles.